The second-order valence-corrected chi connectivity index (χ2v) is 4.85. The first-order chi connectivity index (χ1) is 10.7. The van der Waals surface area contributed by atoms with Crippen LogP contribution in [0.15, 0.2) is 60.7 Å². The van der Waals surface area contributed by atoms with Crippen LogP contribution < -0.4 is 11.1 Å². The SMILES string of the molecule is Nc1ccc(C=CCCNC(=O)OCc2ccccc2)cc1. The molecule has 2 aromatic carbocycles. The minimum Gasteiger partial charge on any atom is -0.445 e. The summed E-state index contributed by atoms with van der Waals surface area (Å²) < 4.78 is 5.12. The van der Waals surface area contributed by atoms with Crippen LogP contribution in [-0.4, -0.2) is 12.6 Å². The fourth-order valence-corrected chi connectivity index (χ4v) is 1.86. The van der Waals surface area contributed by atoms with Crippen molar-refractivity contribution in [2.75, 3.05) is 12.3 Å². The molecule has 0 heterocycles. The van der Waals surface area contributed by atoms with E-state index in [0.717, 1.165) is 23.2 Å². The molecule has 0 fully saturated rings. The van der Waals surface area contributed by atoms with E-state index < -0.39 is 6.09 Å². The number of nitrogens with one attached hydrogen (secondary N) is 1. The van der Waals surface area contributed by atoms with Crippen molar-refractivity contribution < 1.29 is 9.53 Å². The van der Waals surface area contributed by atoms with E-state index in [1.807, 2.05) is 66.7 Å². The number of hydrogen-bond donors (Lipinski definition) is 2. The van der Waals surface area contributed by atoms with E-state index in [4.69, 9.17) is 10.5 Å². The van der Waals surface area contributed by atoms with Gasteiger partial charge in [-0.1, -0.05) is 54.6 Å². The Kier molecular flexibility index (Phi) is 6.05. The van der Waals surface area contributed by atoms with Crippen LogP contribution in [0.3, 0.4) is 0 Å². The third-order valence-electron chi connectivity index (χ3n) is 3.04. The van der Waals surface area contributed by atoms with Gasteiger partial charge in [0.15, 0.2) is 0 Å². The Hall–Kier alpha value is -2.75. The minimum absolute atomic E-state index is 0.286. The van der Waals surface area contributed by atoms with E-state index in [1.54, 1.807) is 0 Å². The topological polar surface area (TPSA) is 64.3 Å². The highest BCUT2D eigenvalue weighted by atomic mass is 16.5. The summed E-state index contributed by atoms with van der Waals surface area (Å²) in [5, 5.41) is 2.72. The van der Waals surface area contributed by atoms with E-state index in [-0.39, 0.29) is 6.61 Å². The number of nitrogens with two attached hydrogens (primary N) is 1. The van der Waals surface area contributed by atoms with Gasteiger partial charge < -0.3 is 15.8 Å². The van der Waals surface area contributed by atoms with Gasteiger partial charge in [-0.05, 0) is 29.7 Å². The van der Waals surface area contributed by atoms with Gasteiger partial charge in [0.05, 0.1) is 0 Å². The fourth-order valence-electron chi connectivity index (χ4n) is 1.86. The number of carbonyl (C=O) groups excluding carboxylic acids is 1. The van der Waals surface area contributed by atoms with Gasteiger partial charge in [0.2, 0.25) is 0 Å². The van der Waals surface area contributed by atoms with Gasteiger partial charge in [-0.2, -0.15) is 0 Å². The van der Waals surface area contributed by atoms with Crippen LogP contribution in [0.5, 0.6) is 0 Å². The first-order valence-corrected chi connectivity index (χ1v) is 7.21. The van der Waals surface area contributed by atoms with Gasteiger partial charge in [-0.25, -0.2) is 4.79 Å². The highest BCUT2D eigenvalue weighted by Crippen LogP contribution is 2.07. The number of amides is 1. The van der Waals surface area contributed by atoms with E-state index in [2.05, 4.69) is 5.32 Å². The molecule has 0 aliphatic rings. The molecule has 0 aromatic heterocycles. The zero-order valence-electron chi connectivity index (χ0n) is 12.4. The molecule has 4 heteroatoms. The molecule has 0 aliphatic heterocycles. The van der Waals surface area contributed by atoms with Crippen molar-refractivity contribution in [1.82, 2.24) is 5.32 Å². The number of benzene rings is 2. The number of ether oxygens (including phenoxy) is 1. The van der Waals surface area contributed by atoms with Gasteiger partial charge in [0, 0.05) is 12.2 Å². The van der Waals surface area contributed by atoms with Crippen LogP contribution in [0, 0.1) is 0 Å². The fraction of sp³-hybridized carbons (Fsp3) is 0.167. The first kappa shape index (κ1) is 15.6. The van der Waals surface area contributed by atoms with Gasteiger partial charge >= 0.3 is 6.09 Å². The monoisotopic (exact) mass is 296 g/mol. The van der Waals surface area contributed by atoms with Crippen LogP contribution in [0.25, 0.3) is 6.08 Å². The molecule has 1 amide bonds. The second kappa shape index (κ2) is 8.52. The molecular weight excluding hydrogens is 276 g/mol. The Morgan fingerprint density at radius 3 is 2.55 bits per heavy atom. The van der Waals surface area contributed by atoms with Crippen molar-refractivity contribution in [1.29, 1.82) is 0 Å². The summed E-state index contributed by atoms with van der Waals surface area (Å²) in [5.41, 5.74) is 8.43. The maximum absolute atomic E-state index is 11.5. The third-order valence-corrected chi connectivity index (χ3v) is 3.04. The summed E-state index contributed by atoms with van der Waals surface area (Å²) in [6, 6.07) is 17.2. The summed E-state index contributed by atoms with van der Waals surface area (Å²) in [6.07, 6.45) is 4.34. The molecule has 3 N–H and O–H groups in total. The molecule has 0 aliphatic carbocycles. The van der Waals surface area contributed by atoms with Crippen molar-refractivity contribution in [2.45, 2.75) is 13.0 Å². The Morgan fingerprint density at radius 2 is 1.82 bits per heavy atom. The maximum atomic E-state index is 11.5. The lowest BCUT2D eigenvalue weighted by Crippen LogP contribution is -2.24. The average molecular weight is 296 g/mol. The third kappa shape index (κ3) is 5.71. The summed E-state index contributed by atoms with van der Waals surface area (Å²) in [6.45, 7) is 0.826. The van der Waals surface area contributed by atoms with Crippen molar-refractivity contribution in [3.63, 3.8) is 0 Å². The Labute approximate surface area is 130 Å². The number of carbonyl (C=O) groups is 1. The summed E-state index contributed by atoms with van der Waals surface area (Å²) in [4.78, 5) is 11.5. The Bertz CT molecular complexity index is 607. The van der Waals surface area contributed by atoms with Gasteiger partial charge in [-0.15, -0.1) is 0 Å². The highest BCUT2D eigenvalue weighted by Gasteiger charge is 2.00. The summed E-state index contributed by atoms with van der Waals surface area (Å²) >= 11 is 0. The van der Waals surface area contributed by atoms with Crippen molar-refractivity contribution >= 4 is 17.9 Å². The molecule has 22 heavy (non-hydrogen) atoms. The maximum Gasteiger partial charge on any atom is 0.407 e. The molecule has 0 saturated carbocycles. The number of alkyl carbamates (subject to hydrolysis) is 1. The minimum atomic E-state index is -0.398. The summed E-state index contributed by atoms with van der Waals surface area (Å²) in [5.74, 6) is 0. The predicted octanol–water partition coefficient (Wildman–Crippen LogP) is 3.60. The molecule has 2 aromatic rings. The van der Waals surface area contributed by atoms with Gasteiger partial charge in [-0.3, -0.25) is 0 Å². The van der Waals surface area contributed by atoms with Gasteiger partial charge in [0.25, 0.3) is 0 Å². The molecule has 0 bridgehead atoms. The zero-order chi connectivity index (χ0) is 15.6. The Balaban J connectivity index is 1.61. The predicted molar refractivity (Wildman–Crippen MR) is 89.1 cm³/mol. The zero-order valence-corrected chi connectivity index (χ0v) is 12.4. The van der Waals surface area contributed by atoms with Crippen molar-refractivity contribution in [3.8, 4) is 0 Å². The lowest BCUT2D eigenvalue weighted by Gasteiger charge is -2.05. The van der Waals surface area contributed by atoms with Crippen LogP contribution in [0.1, 0.15) is 17.5 Å². The van der Waals surface area contributed by atoms with Crippen molar-refractivity contribution in [2.24, 2.45) is 0 Å². The summed E-state index contributed by atoms with van der Waals surface area (Å²) in [7, 11) is 0. The smallest absolute Gasteiger partial charge is 0.407 e. The lowest BCUT2D eigenvalue weighted by molar-refractivity contribution is 0.140. The van der Waals surface area contributed by atoms with E-state index in [0.29, 0.717) is 6.54 Å². The molecule has 0 atom stereocenters. The molecular formula is C18H20N2O2. The lowest BCUT2D eigenvalue weighted by atomic mass is 10.2. The van der Waals surface area contributed by atoms with Crippen LogP contribution >= 0.6 is 0 Å². The second-order valence-electron chi connectivity index (χ2n) is 4.85. The van der Waals surface area contributed by atoms with Crippen LogP contribution in [0.4, 0.5) is 10.5 Å². The van der Waals surface area contributed by atoms with Crippen LogP contribution in [-0.2, 0) is 11.3 Å². The Morgan fingerprint density at radius 1 is 1.09 bits per heavy atom. The average Bonchev–Trinajstić information content (AvgIpc) is 2.55. The first-order valence-electron chi connectivity index (χ1n) is 7.21. The number of hydrogen-bond acceptors (Lipinski definition) is 3. The van der Waals surface area contributed by atoms with Crippen LogP contribution in [0.2, 0.25) is 0 Å². The number of anilines is 1. The van der Waals surface area contributed by atoms with E-state index >= 15 is 0 Å². The molecule has 0 saturated heterocycles. The number of rotatable bonds is 6. The molecule has 0 spiro atoms. The normalized spacial score (nSPS) is 10.5. The molecule has 4 nitrogen and oxygen atoms in total. The highest BCUT2D eigenvalue weighted by molar-refractivity contribution is 5.67. The van der Waals surface area contributed by atoms with E-state index in [1.165, 1.54) is 0 Å². The molecule has 2 rings (SSSR count). The molecule has 0 unspecified atom stereocenters. The molecule has 0 radical (unpaired) electrons. The van der Waals surface area contributed by atoms with Gasteiger partial charge in [0.1, 0.15) is 6.61 Å². The van der Waals surface area contributed by atoms with Crippen molar-refractivity contribution in [3.05, 3.63) is 71.8 Å². The number of nitrogen functional groups attached to an aromatic ring is 1. The largest absolute Gasteiger partial charge is 0.445 e. The van der Waals surface area contributed by atoms with E-state index in [9.17, 15) is 4.79 Å². The standard InChI is InChI=1S/C18H20N2O2/c19-17-11-9-15(10-12-17)6-4-5-13-20-18(21)22-14-16-7-2-1-3-8-16/h1-4,6-12H,5,13-14,19H2,(H,20,21). The quantitative estimate of drug-likeness (QED) is 0.632. The molecule has 114 valence electrons.